The molecule has 0 aliphatic rings. The van der Waals surface area contributed by atoms with Crippen LogP contribution in [0.2, 0.25) is 0 Å². The van der Waals surface area contributed by atoms with Crippen LogP contribution in [0.15, 0.2) is 29.6 Å². The van der Waals surface area contributed by atoms with Gasteiger partial charge in [0, 0.05) is 23.1 Å². The van der Waals surface area contributed by atoms with Gasteiger partial charge in [0.2, 0.25) is 10.0 Å². The molecule has 2 aromatic rings. The molecule has 0 atom stereocenters. The highest BCUT2D eigenvalue weighted by atomic mass is 79.9. The predicted octanol–water partition coefficient (Wildman–Crippen LogP) is 2.81. The van der Waals surface area contributed by atoms with E-state index in [0.29, 0.717) is 11.3 Å². The van der Waals surface area contributed by atoms with Crippen molar-refractivity contribution in [2.45, 2.75) is 0 Å². The molecule has 0 spiro atoms. The summed E-state index contributed by atoms with van der Waals surface area (Å²) < 4.78 is 24.8. The number of rotatable bonds is 5. The van der Waals surface area contributed by atoms with Gasteiger partial charge in [-0.05, 0) is 0 Å². The van der Waals surface area contributed by atoms with Gasteiger partial charge in [-0.1, -0.05) is 28.1 Å². The van der Waals surface area contributed by atoms with Gasteiger partial charge in [0.25, 0.3) is 5.69 Å². The predicted molar refractivity (Wildman–Crippen MR) is 80.5 cm³/mol. The normalized spacial score (nSPS) is 11.2. The van der Waals surface area contributed by atoms with Crippen LogP contribution in [-0.2, 0) is 10.0 Å². The number of aromatic nitrogens is 1. The minimum Gasteiger partial charge on any atom is -0.258 e. The fourth-order valence-electron chi connectivity index (χ4n) is 1.39. The van der Waals surface area contributed by atoms with Gasteiger partial charge in [0.15, 0.2) is 5.13 Å². The molecule has 1 heterocycles. The number of nitro benzene ring substituents is 1. The number of halogens is 1. The summed E-state index contributed by atoms with van der Waals surface area (Å²) in [6.45, 7) is 0. The van der Waals surface area contributed by atoms with E-state index in [2.05, 4.69) is 25.6 Å². The number of sulfonamides is 1. The first kappa shape index (κ1) is 14.9. The molecule has 1 aromatic heterocycles. The smallest absolute Gasteiger partial charge is 0.258 e. The fourth-order valence-corrected chi connectivity index (χ4v) is 3.24. The summed E-state index contributed by atoms with van der Waals surface area (Å²) >= 11 is 3.97. The number of benzene rings is 1. The zero-order chi connectivity index (χ0) is 14.8. The first-order valence-corrected chi connectivity index (χ1v) is 8.83. The number of anilines is 1. The van der Waals surface area contributed by atoms with Crippen LogP contribution >= 0.6 is 27.3 Å². The van der Waals surface area contributed by atoms with Gasteiger partial charge in [-0.3, -0.25) is 14.8 Å². The summed E-state index contributed by atoms with van der Waals surface area (Å²) in [4.78, 5) is 14.3. The van der Waals surface area contributed by atoms with Crippen molar-refractivity contribution in [1.29, 1.82) is 0 Å². The van der Waals surface area contributed by atoms with E-state index in [0.717, 1.165) is 11.3 Å². The van der Waals surface area contributed by atoms with Crippen LogP contribution in [0, 0.1) is 10.1 Å². The molecular weight excluding hydrogens is 370 g/mol. The minimum absolute atomic E-state index is 0.0434. The molecular formula is C10H8BrN3O4S2. The number of nitro groups is 1. The molecule has 2 rings (SSSR count). The summed E-state index contributed by atoms with van der Waals surface area (Å²) in [6.07, 6.45) is 0. The molecule has 106 valence electrons. The average Bonchev–Trinajstić information content (AvgIpc) is 2.86. The van der Waals surface area contributed by atoms with E-state index in [4.69, 9.17) is 0 Å². The molecule has 10 heteroatoms. The Labute approximate surface area is 127 Å². The third-order valence-corrected chi connectivity index (χ3v) is 5.73. The number of nitrogens with zero attached hydrogens (tertiary/aromatic N) is 2. The number of thiazole rings is 1. The van der Waals surface area contributed by atoms with Crippen LogP contribution < -0.4 is 4.72 Å². The van der Waals surface area contributed by atoms with Crippen molar-refractivity contribution in [1.82, 2.24) is 4.98 Å². The maximum absolute atomic E-state index is 11.4. The maximum Gasteiger partial charge on any atom is 0.270 e. The van der Waals surface area contributed by atoms with Gasteiger partial charge in [-0.15, -0.1) is 11.3 Å². The Morgan fingerprint density at radius 2 is 2.20 bits per heavy atom. The van der Waals surface area contributed by atoms with Crippen molar-refractivity contribution in [3.8, 4) is 11.3 Å². The van der Waals surface area contributed by atoms with Gasteiger partial charge in [-0.25, -0.2) is 13.4 Å². The molecule has 0 fully saturated rings. The average molecular weight is 378 g/mol. The van der Waals surface area contributed by atoms with Gasteiger partial charge in [-0.2, -0.15) is 0 Å². The van der Waals surface area contributed by atoms with Crippen molar-refractivity contribution in [3.63, 3.8) is 0 Å². The molecule has 0 saturated heterocycles. The third-order valence-electron chi connectivity index (χ3n) is 2.24. The lowest BCUT2D eigenvalue weighted by molar-refractivity contribution is -0.384. The van der Waals surface area contributed by atoms with Crippen LogP contribution in [0.1, 0.15) is 0 Å². The Bertz CT molecular complexity index is 744. The highest BCUT2D eigenvalue weighted by Crippen LogP contribution is 2.27. The summed E-state index contributed by atoms with van der Waals surface area (Å²) in [6, 6.07) is 5.99. The van der Waals surface area contributed by atoms with Crippen molar-refractivity contribution < 1.29 is 13.3 Å². The van der Waals surface area contributed by atoms with Crippen molar-refractivity contribution in [2.24, 2.45) is 0 Å². The first-order chi connectivity index (χ1) is 9.41. The lowest BCUT2D eigenvalue weighted by Crippen LogP contribution is -2.12. The third kappa shape index (κ3) is 3.52. The van der Waals surface area contributed by atoms with Crippen LogP contribution in [0.4, 0.5) is 10.8 Å². The van der Waals surface area contributed by atoms with E-state index >= 15 is 0 Å². The highest BCUT2D eigenvalue weighted by Gasteiger charge is 2.13. The zero-order valence-electron chi connectivity index (χ0n) is 9.82. The van der Waals surface area contributed by atoms with Gasteiger partial charge < -0.3 is 0 Å². The number of nitrogens with one attached hydrogen (secondary N) is 1. The van der Waals surface area contributed by atoms with Crippen molar-refractivity contribution in [3.05, 3.63) is 39.8 Å². The van der Waals surface area contributed by atoms with Crippen LogP contribution in [-0.4, -0.2) is 23.0 Å². The van der Waals surface area contributed by atoms with Crippen LogP contribution in [0.3, 0.4) is 0 Å². The van der Waals surface area contributed by atoms with Crippen molar-refractivity contribution in [2.75, 3.05) is 9.38 Å². The molecule has 7 nitrogen and oxygen atoms in total. The molecule has 0 aliphatic carbocycles. The van der Waals surface area contributed by atoms with E-state index in [9.17, 15) is 18.5 Å². The van der Waals surface area contributed by atoms with Gasteiger partial charge in [0.1, 0.15) is 4.66 Å². The van der Waals surface area contributed by atoms with Crippen molar-refractivity contribution >= 4 is 48.1 Å². The van der Waals surface area contributed by atoms with Crippen LogP contribution in [0.5, 0.6) is 0 Å². The maximum atomic E-state index is 11.4. The number of alkyl halides is 1. The second kappa shape index (κ2) is 5.85. The number of hydrogen-bond donors (Lipinski definition) is 1. The molecule has 1 aromatic carbocycles. The SMILES string of the molecule is O=[N+]([O-])c1cccc(-c2csc(NS(=O)(=O)CBr)n2)c1. The Kier molecular flexibility index (Phi) is 4.35. The largest absolute Gasteiger partial charge is 0.270 e. The summed E-state index contributed by atoms with van der Waals surface area (Å²) in [5.41, 5.74) is 0.990. The van der Waals surface area contributed by atoms with E-state index < -0.39 is 14.9 Å². The lowest BCUT2D eigenvalue weighted by atomic mass is 10.1. The van der Waals surface area contributed by atoms with Gasteiger partial charge in [0.05, 0.1) is 10.6 Å². The number of hydrogen-bond acceptors (Lipinski definition) is 6. The van der Waals surface area contributed by atoms with E-state index in [1.807, 2.05) is 0 Å². The summed E-state index contributed by atoms with van der Waals surface area (Å²) in [5, 5.41) is 12.6. The second-order valence-electron chi connectivity index (χ2n) is 3.67. The molecule has 0 bridgehead atoms. The Balaban J connectivity index is 2.29. The monoisotopic (exact) mass is 377 g/mol. The van der Waals surface area contributed by atoms with Crippen LogP contribution in [0.25, 0.3) is 11.3 Å². The molecule has 1 N–H and O–H groups in total. The fraction of sp³-hybridized carbons (Fsp3) is 0.100. The lowest BCUT2D eigenvalue weighted by Gasteiger charge is -2.00. The van der Waals surface area contributed by atoms with Gasteiger partial charge >= 0.3 is 0 Å². The molecule has 20 heavy (non-hydrogen) atoms. The van der Waals surface area contributed by atoms with E-state index in [1.165, 1.54) is 12.1 Å². The molecule has 0 aliphatic heterocycles. The molecule has 0 amide bonds. The second-order valence-corrected chi connectivity index (χ2v) is 7.55. The molecule has 0 radical (unpaired) electrons. The highest BCUT2D eigenvalue weighted by molar-refractivity contribution is 9.10. The Morgan fingerprint density at radius 3 is 2.85 bits per heavy atom. The zero-order valence-corrected chi connectivity index (χ0v) is 13.0. The molecule has 0 saturated carbocycles. The topological polar surface area (TPSA) is 102 Å². The summed E-state index contributed by atoms with van der Waals surface area (Å²) in [7, 11) is -3.46. The van der Waals surface area contributed by atoms with E-state index in [1.54, 1.807) is 17.5 Å². The first-order valence-electron chi connectivity index (χ1n) is 5.18. The molecule has 0 unspecified atom stereocenters. The van der Waals surface area contributed by atoms with E-state index in [-0.39, 0.29) is 15.5 Å². The Morgan fingerprint density at radius 1 is 1.45 bits per heavy atom. The quantitative estimate of drug-likeness (QED) is 0.490. The number of non-ortho nitro benzene ring substituents is 1. The Hall–Kier alpha value is -1.52. The summed E-state index contributed by atoms with van der Waals surface area (Å²) in [5.74, 6) is 0. The standard InChI is InChI=1S/C10H8BrN3O4S2/c11-6-20(17,18)13-10-12-9(5-19-10)7-2-1-3-8(4-7)14(15)16/h1-5H,6H2,(H,12,13). The minimum atomic E-state index is -3.46.